The van der Waals surface area contributed by atoms with Gasteiger partial charge in [-0.15, -0.1) is 0 Å². The van der Waals surface area contributed by atoms with E-state index in [2.05, 4.69) is 12.2 Å². The minimum Gasteiger partial charge on any atom is -0.353 e. The summed E-state index contributed by atoms with van der Waals surface area (Å²) in [6, 6.07) is 7.05. The highest BCUT2D eigenvalue weighted by atomic mass is 32.2. The van der Waals surface area contributed by atoms with Crippen LogP contribution >= 0.6 is 0 Å². The topological polar surface area (TPSA) is 63.2 Å². The SMILES string of the molecule is CC[C@@H](NC(=O)CCS(=O)(=O)c1ccc(C)cc1)C12CC3CC(CC(C3)C1)C2. The Morgan fingerprint density at radius 1 is 1.07 bits per heavy atom. The van der Waals surface area contributed by atoms with Gasteiger partial charge >= 0.3 is 0 Å². The fourth-order valence-electron chi connectivity index (χ4n) is 6.65. The quantitative estimate of drug-likeness (QED) is 0.739. The first-order chi connectivity index (χ1) is 13.3. The molecule has 4 aliphatic carbocycles. The molecule has 5 rings (SSSR count). The summed E-state index contributed by atoms with van der Waals surface area (Å²) in [6.45, 7) is 4.09. The van der Waals surface area contributed by atoms with Gasteiger partial charge in [-0.25, -0.2) is 8.42 Å². The van der Waals surface area contributed by atoms with Gasteiger partial charge < -0.3 is 5.32 Å². The van der Waals surface area contributed by atoms with E-state index < -0.39 is 9.84 Å². The van der Waals surface area contributed by atoms with Gasteiger partial charge in [0.15, 0.2) is 9.84 Å². The summed E-state index contributed by atoms with van der Waals surface area (Å²) in [5.74, 6) is 2.30. The monoisotopic (exact) mass is 403 g/mol. The van der Waals surface area contributed by atoms with Crippen molar-refractivity contribution in [1.29, 1.82) is 0 Å². The van der Waals surface area contributed by atoms with Crippen LogP contribution in [0.4, 0.5) is 0 Å². The molecule has 0 spiro atoms. The molecule has 0 saturated heterocycles. The highest BCUT2D eigenvalue weighted by Crippen LogP contribution is 2.61. The van der Waals surface area contributed by atoms with Crippen molar-refractivity contribution in [1.82, 2.24) is 5.32 Å². The van der Waals surface area contributed by atoms with E-state index in [-0.39, 0.29) is 29.5 Å². The van der Waals surface area contributed by atoms with Gasteiger partial charge in [0.25, 0.3) is 0 Å². The van der Waals surface area contributed by atoms with Crippen LogP contribution in [0.15, 0.2) is 29.2 Å². The second-order valence-corrected chi connectivity index (χ2v) is 11.8. The molecular formula is C23H33NO3S. The number of carbonyl (C=O) groups excluding carboxylic acids is 1. The smallest absolute Gasteiger partial charge is 0.221 e. The van der Waals surface area contributed by atoms with Crippen LogP contribution in [-0.2, 0) is 14.6 Å². The summed E-state index contributed by atoms with van der Waals surface area (Å²) in [7, 11) is -3.42. The van der Waals surface area contributed by atoms with E-state index in [0.29, 0.717) is 4.90 Å². The van der Waals surface area contributed by atoms with E-state index in [1.54, 1.807) is 24.3 Å². The molecule has 1 aromatic rings. The van der Waals surface area contributed by atoms with Crippen molar-refractivity contribution in [2.45, 2.75) is 76.2 Å². The van der Waals surface area contributed by atoms with E-state index in [1.807, 2.05) is 6.92 Å². The lowest BCUT2D eigenvalue weighted by molar-refractivity contribution is -0.126. The van der Waals surface area contributed by atoms with Gasteiger partial charge in [-0.2, -0.15) is 0 Å². The molecule has 1 atom stereocenters. The Kier molecular flexibility index (Phi) is 5.32. The fourth-order valence-corrected chi connectivity index (χ4v) is 7.89. The lowest BCUT2D eigenvalue weighted by atomic mass is 9.47. The summed E-state index contributed by atoms with van der Waals surface area (Å²) < 4.78 is 25.1. The van der Waals surface area contributed by atoms with Gasteiger partial charge in [0, 0.05) is 12.5 Å². The molecule has 0 aliphatic heterocycles. The van der Waals surface area contributed by atoms with Crippen LogP contribution in [0.25, 0.3) is 0 Å². The van der Waals surface area contributed by atoms with E-state index in [1.165, 1.54) is 38.5 Å². The summed E-state index contributed by atoms with van der Waals surface area (Å²) >= 11 is 0. The molecule has 4 fully saturated rings. The summed E-state index contributed by atoms with van der Waals surface area (Å²) in [5.41, 5.74) is 1.28. The van der Waals surface area contributed by atoms with Crippen LogP contribution in [0.3, 0.4) is 0 Å². The number of aryl methyl sites for hydroxylation is 1. The van der Waals surface area contributed by atoms with Gasteiger partial charge in [0.1, 0.15) is 0 Å². The molecule has 4 bridgehead atoms. The number of carbonyl (C=O) groups is 1. The minimum atomic E-state index is -3.42. The number of hydrogen-bond acceptors (Lipinski definition) is 3. The van der Waals surface area contributed by atoms with E-state index in [4.69, 9.17) is 0 Å². The van der Waals surface area contributed by atoms with Crippen LogP contribution < -0.4 is 5.32 Å². The maximum absolute atomic E-state index is 12.7. The molecule has 0 heterocycles. The van der Waals surface area contributed by atoms with Crippen LogP contribution in [0.5, 0.6) is 0 Å². The number of hydrogen-bond donors (Lipinski definition) is 1. The Morgan fingerprint density at radius 3 is 2.11 bits per heavy atom. The highest BCUT2D eigenvalue weighted by Gasteiger charge is 2.53. The number of amides is 1. The van der Waals surface area contributed by atoms with Gasteiger partial charge in [0.05, 0.1) is 10.6 Å². The molecule has 28 heavy (non-hydrogen) atoms. The molecule has 5 heteroatoms. The number of benzene rings is 1. The lowest BCUT2D eigenvalue weighted by Gasteiger charge is -2.59. The van der Waals surface area contributed by atoms with Crippen molar-refractivity contribution < 1.29 is 13.2 Å². The van der Waals surface area contributed by atoms with Crippen LogP contribution in [0, 0.1) is 30.1 Å². The number of sulfone groups is 1. The molecule has 0 unspecified atom stereocenters. The number of rotatable bonds is 7. The van der Waals surface area contributed by atoms with Gasteiger partial charge in [-0.05, 0) is 87.2 Å². The third kappa shape index (κ3) is 3.87. The minimum absolute atomic E-state index is 0.0407. The first kappa shape index (κ1) is 19.9. The average Bonchev–Trinajstić information content (AvgIpc) is 2.63. The normalized spacial score (nSPS) is 32.3. The van der Waals surface area contributed by atoms with Crippen LogP contribution in [0.1, 0.15) is 63.9 Å². The Labute approximate surface area is 169 Å². The van der Waals surface area contributed by atoms with Crippen molar-refractivity contribution in [3.8, 4) is 0 Å². The number of nitrogens with one attached hydrogen (secondary N) is 1. The molecular weight excluding hydrogens is 370 g/mol. The Morgan fingerprint density at radius 2 is 1.61 bits per heavy atom. The predicted molar refractivity (Wildman–Crippen MR) is 111 cm³/mol. The molecule has 4 saturated carbocycles. The van der Waals surface area contributed by atoms with E-state index >= 15 is 0 Å². The average molecular weight is 404 g/mol. The van der Waals surface area contributed by atoms with Crippen molar-refractivity contribution in [3.63, 3.8) is 0 Å². The second-order valence-electron chi connectivity index (χ2n) is 9.69. The van der Waals surface area contributed by atoms with Crippen molar-refractivity contribution in [3.05, 3.63) is 29.8 Å². The standard InChI is InChI=1S/C23H33NO3S/c1-3-21(23-13-17-10-18(14-23)12-19(11-17)15-23)24-22(25)8-9-28(26,27)20-6-4-16(2)5-7-20/h4-7,17-19,21H,3,8-15H2,1-2H3,(H,24,25)/t17?,18?,19?,21-,23?/m1/s1. The summed E-state index contributed by atoms with van der Waals surface area (Å²) in [5, 5.41) is 3.25. The zero-order chi connectivity index (χ0) is 19.9. The third-order valence-corrected chi connectivity index (χ3v) is 9.28. The van der Waals surface area contributed by atoms with Crippen molar-refractivity contribution in [2.75, 3.05) is 5.75 Å². The summed E-state index contributed by atoms with van der Waals surface area (Å²) in [6.07, 6.45) is 8.88. The third-order valence-electron chi connectivity index (χ3n) is 7.55. The highest BCUT2D eigenvalue weighted by molar-refractivity contribution is 7.91. The van der Waals surface area contributed by atoms with Crippen LogP contribution in [0.2, 0.25) is 0 Å². The Balaban J connectivity index is 1.38. The molecule has 0 radical (unpaired) electrons. The first-order valence-corrected chi connectivity index (χ1v) is 12.5. The van der Waals surface area contributed by atoms with Crippen molar-refractivity contribution in [2.24, 2.45) is 23.2 Å². The molecule has 1 N–H and O–H groups in total. The molecule has 1 aromatic carbocycles. The molecule has 4 nitrogen and oxygen atoms in total. The fraction of sp³-hybridized carbons (Fsp3) is 0.696. The Bertz CT molecular complexity index is 793. The zero-order valence-electron chi connectivity index (χ0n) is 17.1. The second kappa shape index (κ2) is 7.47. The summed E-state index contributed by atoms with van der Waals surface area (Å²) in [4.78, 5) is 13.0. The molecule has 0 aromatic heterocycles. The zero-order valence-corrected chi connectivity index (χ0v) is 17.9. The predicted octanol–water partition coefficient (Wildman–Crippen LogP) is 4.27. The van der Waals surface area contributed by atoms with Crippen molar-refractivity contribution >= 4 is 15.7 Å². The Hall–Kier alpha value is -1.36. The first-order valence-electron chi connectivity index (χ1n) is 10.9. The molecule has 1 amide bonds. The van der Waals surface area contributed by atoms with Gasteiger partial charge in [-0.3, -0.25) is 4.79 Å². The molecule has 154 valence electrons. The van der Waals surface area contributed by atoms with E-state index in [9.17, 15) is 13.2 Å². The lowest BCUT2D eigenvalue weighted by Crippen LogP contribution is -2.56. The van der Waals surface area contributed by atoms with Gasteiger partial charge in [-0.1, -0.05) is 24.6 Å². The van der Waals surface area contributed by atoms with Gasteiger partial charge in [0.2, 0.25) is 5.91 Å². The largest absolute Gasteiger partial charge is 0.353 e. The maximum Gasteiger partial charge on any atom is 0.221 e. The maximum atomic E-state index is 12.7. The van der Waals surface area contributed by atoms with E-state index in [0.717, 1.165) is 29.7 Å². The van der Waals surface area contributed by atoms with Crippen LogP contribution in [-0.4, -0.2) is 26.1 Å². The molecule has 4 aliphatic rings.